The van der Waals surface area contributed by atoms with Crippen LogP contribution in [0.5, 0.6) is 5.75 Å². The van der Waals surface area contributed by atoms with Gasteiger partial charge in [-0.2, -0.15) is 11.8 Å². The van der Waals surface area contributed by atoms with Crippen molar-refractivity contribution >= 4 is 41.7 Å². The number of ether oxygens (including phenoxy) is 1. The number of aryl methyl sites for hydroxylation is 1. The summed E-state index contributed by atoms with van der Waals surface area (Å²) < 4.78 is 5.76. The third-order valence-corrected chi connectivity index (χ3v) is 5.49. The van der Waals surface area contributed by atoms with E-state index in [1.807, 2.05) is 24.9 Å². The van der Waals surface area contributed by atoms with Crippen LogP contribution in [0.2, 0.25) is 0 Å². The molecule has 0 bridgehead atoms. The molecular formula is C18H31IN4OS. The van der Waals surface area contributed by atoms with Crippen molar-refractivity contribution in [2.24, 2.45) is 4.99 Å². The average molecular weight is 478 g/mol. The summed E-state index contributed by atoms with van der Waals surface area (Å²) in [6, 6.07) is 0. The quantitative estimate of drug-likeness (QED) is 0.407. The maximum absolute atomic E-state index is 5.50. The number of nitrogens with zero attached hydrogens (tertiary/aromatic N) is 3. The monoisotopic (exact) mass is 478 g/mol. The molecule has 25 heavy (non-hydrogen) atoms. The Kier molecular flexibility index (Phi) is 8.80. The van der Waals surface area contributed by atoms with E-state index in [9.17, 15) is 0 Å². The second kappa shape index (κ2) is 9.85. The van der Waals surface area contributed by atoms with Crippen LogP contribution in [0, 0.1) is 13.8 Å². The normalized spacial score (nSPS) is 17.0. The van der Waals surface area contributed by atoms with Crippen LogP contribution in [0.15, 0.2) is 11.2 Å². The molecule has 0 radical (unpaired) electrons. The fourth-order valence-electron chi connectivity index (χ4n) is 3.00. The van der Waals surface area contributed by atoms with Crippen LogP contribution in [0.1, 0.15) is 37.6 Å². The van der Waals surface area contributed by atoms with Gasteiger partial charge in [0.05, 0.1) is 19.3 Å². The van der Waals surface area contributed by atoms with Crippen LogP contribution in [0.25, 0.3) is 0 Å². The van der Waals surface area contributed by atoms with E-state index in [4.69, 9.17) is 9.73 Å². The fourth-order valence-corrected chi connectivity index (χ4v) is 4.11. The minimum Gasteiger partial charge on any atom is -0.496 e. The Labute approximate surface area is 173 Å². The molecule has 0 unspecified atom stereocenters. The minimum atomic E-state index is 0. The zero-order valence-electron chi connectivity index (χ0n) is 16.2. The van der Waals surface area contributed by atoms with Gasteiger partial charge in [0, 0.05) is 47.5 Å². The molecule has 1 aromatic heterocycles. The summed E-state index contributed by atoms with van der Waals surface area (Å²) in [6.07, 6.45) is 1.87. The number of nitrogens with one attached hydrogen (secondary N) is 1. The van der Waals surface area contributed by atoms with Crippen molar-refractivity contribution < 1.29 is 4.74 Å². The van der Waals surface area contributed by atoms with Gasteiger partial charge in [0.1, 0.15) is 5.75 Å². The van der Waals surface area contributed by atoms with Crippen molar-refractivity contribution in [3.05, 3.63) is 23.0 Å². The number of methoxy groups -OCH3 is 1. The van der Waals surface area contributed by atoms with Crippen molar-refractivity contribution in [1.82, 2.24) is 15.2 Å². The van der Waals surface area contributed by atoms with Crippen LogP contribution in [0.3, 0.4) is 0 Å². The molecule has 5 nitrogen and oxygen atoms in total. The van der Waals surface area contributed by atoms with Gasteiger partial charge < -0.3 is 15.0 Å². The maximum Gasteiger partial charge on any atom is 0.194 e. The lowest BCUT2D eigenvalue weighted by Crippen LogP contribution is -2.50. The molecule has 1 aromatic rings. The van der Waals surface area contributed by atoms with Crippen LogP contribution in [-0.4, -0.2) is 53.1 Å². The van der Waals surface area contributed by atoms with Crippen molar-refractivity contribution in [2.45, 2.75) is 45.9 Å². The zero-order chi connectivity index (χ0) is 17.7. The van der Waals surface area contributed by atoms with Crippen LogP contribution >= 0.6 is 35.7 Å². The molecular weight excluding hydrogens is 447 g/mol. The number of guanidine groups is 1. The van der Waals surface area contributed by atoms with Gasteiger partial charge in [-0.3, -0.25) is 4.98 Å². The predicted molar refractivity (Wildman–Crippen MR) is 119 cm³/mol. The van der Waals surface area contributed by atoms with Crippen LogP contribution in [0.4, 0.5) is 0 Å². The summed E-state index contributed by atoms with van der Waals surface area (Å²) in [5.74, 6) is 3.02. The Morgan fingerprint density at radius 3 is 2.76 bits per heavy atom. The number of aliphatic imine (C=N–C) groups is 1. The highest BCUT2D eigenvalue weighted by molar-refractivity contribution is 14.0. The first-order valence-corrected chi connectivity index (χ1v) is 9.52. The summed E-state index contributed by atoms with van der Waals surface area (Å²) in [7, 11) is 1.71. The first-order valence-electron chi connectivity index (χ1n) is 8.54. The summed E-state index contributed by atoms with van der Waals surface area (Å²) in [4.78, 5) is 11.8. The molecule has 0 spiro atoms. The Balaban J connectivity index is 0.00000312. The maximum atomic E-state index is 5.50. The number of pyridine rings is 1. The Morgan fingerprint density at radius 1 is 1.44 bits per heavy atom. The Bertz CT molecular complexity index is 607. The van der Waals surface area contributed by atoms with Gasteiger partial charge in [-0.15, -0.1) is 24.0 Å². The largest absolute Gasteiger partial charge is 0.496 e. The zero-order valence-corrected chi connectivity index (χ0v) is 19.3. The van der Waals surface area contributed by atoms with Crippen LogP contribution < -0.4 is 10.1 Å². The number of hydrogen-bond acceptors (Lipinski definition) is 4. The summed E-state index contributed by atoms with van der Waals surface area (Å²) >= 11 is 2.03. The SMILES string of the molecule is CCNC(=NCc1ncc(C)c(OC)c1C)N1CCSC(C)(C)C1.I. The minimum absolute atomic E-state index is 0. The van der Waals surface area contributed by atoms with E-state index in [-0.39, 0.29) is 28.7 Å². The lowest BCUT2D eigenvalue weighted by atomic mass is 10.1. The highest BCUT2D eigenvalue weighted by Gasteiger charge is 2.28. The molecule has 0 aliphatic carbocycles. The summed E-state index contributed by atoms with van der Waals surface area (Å²) in [5.41, 5.74) is 3.11. The van der Waals surface area contributed by atoms with E-state index in [2.05, 4.69) is 42.9 Å². The standard InChI is InChI=1S/C18H30N4OS.HI/c1-7-19-17(22-8-9-24-18(4,5)12-22)21-11-15-14(3)16(23-6)13(2)10-20-15;/h10H,7-9,11-12H2,1-6H3,(H,19,21);1H. The topological polar surface area (TPSA) is 49.8 Å². The average Bonchev–Trinajstić information content (AvgIpc) is 2.52. The smallest absolute Gasteiger partial charge is 0.194 e. The molecule has 1 aliphatic heterocycles. The van der Waals surface area contributed by atoms with Gasteiger partial charge in [-0.1, -0.05) is 0 Å². The molecule has 1 saturated heterocycles. The number of rotatable bonds is 4. The summed E-state index contributed by atoms with van der Waals surface area (Å²) in [5, 5.41) is 3.43. The lowest BCUT2D eigenvalue weighted by Gasteiger charge is -2.39. The van der Waals surface area contributed by atoms with Crippen molar-refractivity contribution in [2.75, 3.05) is 32.5 Å². The first-order chi connectivity index (χ1) is 11.4. The second-order valence-electron chi connectivity index (χ2n) is 6.75. The van der Waals surface area contributed by atoms with Gasteiger partial charge in [-0.25, -0.2) is 4.99 Å². The van der Waals surface area contributed by atoms with Crippen molar-refractivity contribution in [3.8, 4) is 5.75 Å². The van der Waals surface area contributed by atoms with Gasteiger partial charge in [-0.05, 0) is 34.6 Å². The molecule has 142 valence electrons. The number of hydrogen-bond donors (Lipinski definition) is 1. The Hall–Kier alpha value is -0.700. The third-order valence-electron chi connectivity index (χ3n) is 4.19. The van der Waals surface area contributed by atoms with E-state index in [1.165, 1.54) is 0 Å². The molecule has 0 atom stereocenters. The molecule has 1 fully saturated rings. The number of halogens is 1. The molecule has 1 aliphatic rings. The highest BCUT2D eigenvalue weighted by Crippen LogP contribution is 2.29. The van der Waals surface area contributed by atoms with E-state index in [0.29, 0.717) is 6.54 Å². The number of thioether (sulfide) groups is 1. The summed E-state index contributed by atoms with van der Waals surface area (Å²) in [6.45, 7) is 14.2. The molecule has 0 aromatic carbocycles. The molecule has 2 rings (SSSR count). The molecule has 1 N–H and O–H groups in total. The van der Waals surface area contributed by atoms with E-state index in [1.54, 1.807) is 7.11 Å². The lowest BCUT2D eigenvalue weighted by molar-refractivity contribution is 0.375. The van der Waals surface area contributed by atoms with E-state index in [0.717, 1.165) is 53.9 Å². The highest BCUT2D eigenvalue weighted by atomic mass is 127. The van der Waals surface area contributed by atoms with Crippen molar-refractivity contribution in [1.29, 1.82) is 0 Å². The van der Waals surface area contributed by atoms with Gasteiger partial charge in [0.15, 0.2) is 5.96 Å². The van der Waals surface area contributed by atoms with E-state index >= 15 is 0 Å². The second-order valence-corrected chi connectivity index (χ2v) is 8.55. The fraction of sp³-hybridized carbons (Fsp3) is 0.667. The molecule has 7 heteroatoms. The number of aromatic nitrogens is 1. The van der Waals surface area contributed by atoms with Gasteiger partial charge in [0.2, 0.25) is 0 Å². The van der Waals surface area contributed by atoms with Gasteiger partial charge >= 0.3 is 0 Å². The van der Waals surface area contributed by atoms with Crippen molar-refractivity contribution in [3.63, 3.8) is 0 Å². The third kappa shape index (κ3) is 5.91. The molecule has 2 heterocycles. The molecule has 0 saturated carbocycles. The predicted octanol–water partition coefficient (Wildman–Crippen LogP) is 3.62. The van der Waals surface area contributed by atoms with E-state index < -0.39 is 0 Å². The molecule has 0 amide bonds. The Morgan fingerprint density at radius 2 is 2.16 bits per heavy atom. The first kappa shape index (κ1) is 22.3. The van der Waals surface area contributed by atoms with Crippen LogP contribution in [-0.2, 0) is 6.54 Å². The van der Waals surface area contributed by atoms with Gasteiger partial charge in [0.25, 0.3) is 0 Å².